The molecule has 2 aromatic rings. The highest BCUT2D eigenvalue weighted by atomic mass is 32.2. The van der Waals surface area contributed by atoms with Crippen molar-refractivity contribution in [2.45, 2.75) is 37.5 Å². The van der Waals surface area contributed by atoms with Crippen LogP contribution in [0.1, 0.15) is 30.5 Å². The average Bonchev–Trinajstić information content (AvgIpc) is 2.75. The van der Waals surface area contributed by atoms with Crippen molar-refractivity contribution in [3.05, 3.63) is 53.6 Å². The number of ether oxygens (including phenoxy) is 2. The molecule has 8 nitrogen and oxygen atoms in total. The Morgan fingerprint density at radius 3 is 2.24 bits per heavy atom. The number of halogens is 3. The molecule has 1 N–H and O–H groups in total. The Labute approximate surface area is 189 Å². The summed E-state index contributed by atoms with van der Waals surface area (Å²) >= 11 is 0. The van der Waals surface area contributed by atoms with Crippen molar-refractivity contribution in [3.63, 3.8) is 0 Å². The fourth-order valence-corrected chi connectivity index (χ4v) is 5.19. The van der Waals surface area contributed by atoms with Crippen molar-refractivity contribution in [2.24, 2.45) is 0 Å². The van der Waals surface area contributed by atoms with Crippen LogP contribution in [0.2, 0.25) is 0 Å². The van der Waals surface area contributed by atoms with Crippen LogP contribution in [0.3, 0.4) is 0 Å². The molecule has 2 unspecified atom stereocenters. The first-order valence-electron chi connectivity index (χ1n) is 9.82. The first-order valence-corrected chi connectivity index (χ1v) is 11.3. The van der Waals surface area contributed by atoms with Crippen LogP contribution in [0.5, 0.6) is 11.5 Å². The van der Waals surface area contributed by atoms with Gasteiger partial charge in [0.25, 0.3) is 0 Å². The molecule has 0 spiro atoms. The van der Waals surface area contributed by atoms with Gasteiger partial charge in [0, 0.05) is 24.2 Å². The highest BCUT2D eigenvalue weighted by Gasteiger charge is 2.54. The van der Waals surface area contributed by atoms with Crippen LogP contribution >= 0.6 is 0 Å². The van der Waals surface area contributed by atoms with Gasteiger partial charge in [-0.05, 0) is 25.0 Å². The molecule has 0 fully saturated rings. The maximum absolute atomic E-state index is 13.5. The Morgan fingerprint density at radius 2 is 1.73 bits per heavy atom. The minimum Gasteiger partial charge on any atom is -0.493 e. The third kappa shape index (κ3) is 4.52. The Kier molecular flexibility index (Phi) is 6.68. The van der Waals surface area contributed by atoms with Gasteiger partial charge in [0.2, 0.25) is 0 Å². The lowest BCUT2D eigenvalue weighted by atomic mass is 9.91. The Morgan fingerprint density at radius 1 is 1.15 bits per heavy atom. The Bertz CT molecular complexity index is 1120. The van der Waals surface area contributed by atoms with E-state index in [2.05, 4.69) is 0 Å². The lowest BCUT2D eigenvalue weighted by Crippen LogP contribution is -2.51. The van der Waals surface area contributed by atoms with Gasteiger partial charge < -0.3 is 14.6 Å². The van der Waals surface area contributed by atoms with Gasteiger partial charge in [-0.15, -0.1) is 0 Å². The molecule has 12 heteroatoms. The van der Waals surface area contributed by atoms with Gasteiger partial charge in [-0.3, -0.25) is 9.21 Å². The third-order valence-corrected chi connectivity index (χ3v) is 7.12. The number of hydrogen-bond acceptors (Lipinski definition) is 5. The summed E-state index contributed by atoms with van der Waals surface area (Å²) in [5.41, 5.74) is -5.13. The molecule has 1 amide bonds. The molecule has 180 valence electrons. The molecule has 1 aliphatic rings. The molecule has 0 bridgehead atoms. The van der Waals surface area contributed by atoms with Crippen LogP contribution in [0.4, 0.5) is 23.7 Å². The summed E-state index contributed by atoms with van der Waals surface area (Å²) in [4.78, 5) is 13.3. The Balaban J connectivity index is 2.22. The minimum absolute atomic E-state index is 0.0106. The number of nitrogens with zero attached hydrogens (tertiary/aromatic N) is 2. The van der Waals surface area contributed by atoms with E-state index >= 15 is 0 Å². The fraction of sp³-hybridized carbons (Fsp3) is 0.381. The molecule has 0 aromatic heterocycles. The normalized spacial score (nSPS) is 18.4. The van der Waals surface area contributed by atoms with Crippen LogP contribution in [-0.4, -0.2) is 50.3 Å². The van der Waals surface area contributed by atoms with E-state index in [1.54, 1.807) is 30.3 Å². The zero-order valence-electron chi connectivity index (χ0n) is 18.0. The van der Waals surface area contributed by atoms with Gasteiger partial charge in [-0.1, -0.05) is 30.3 Å². The smallest absolute Gasteiger partial charge is 0.493 e. The number of carbonyl (C=O) groups is 1. The molecular formula is C21H23F3N2O6S. The van der Waals surface area contributed by atoms with Crippen molar-refractivity contribution in [1.82, 2.24) is 4.90 Å². The number of fused-ring (bicyclic) bond motifs is 1. The van der Waals surface area contributed by atoms with E-state index in [1.165, 1.54) is 27.2 Å². The summed E-state index contributed by atoms with van der Waals surface area (Å²) < 4.78 is 76.0. The maximum atomic E-state index is 13.5. The number of benzene rings is 2. The number of sulfonamides is 1. The molecule has 1 aliphatic heterocycles. The predicted octanol–water partition coefficient (Wildman–Crippen LogP) is 4.37. The molecule has 0 saturated carbocycles. The van der Waals surface area contributed by atoms with Crippen molar-refractivity contribution in [3.8, 4) is 11.5 Å². The molecule has 33 heavy (non-hydrogen) atoms. The summed E-state index contributed by atoms with van der Waals surface area (Å²) in [5, 5.41) is 9.94. The van der Waals surface area contributed by atoms with Gasteiger partial charge >= 0.3 is 21.6 Å². The molecule has 2 aromatic carbocycles. The number of rotatable bonds is 6. The number of anilines is 1. The monoisotopic (exact) mass is 488 g/mol. The van der Waals surface area contributed by atoms with Gasteiger partial charge in [0.05, 0.1) is 25.9 Å². The van der Waals surface area contributed by atoms with Crippen molar-refractivity contribution in [2.75, 3.05) is 18.5 Å². The van der Waals surface area contributed by atoms with E-state index in [0.29, 0.717) is 5.56 Å². The van der Waals surface area contributed by atoms with Gasteiger partial charge in [-0.2, -0.15) is 21.6 Å². The predicted molar refractivity (Wildman–Crippen MR) is 114 cm³/mol. The summed E-state index contributed by atoms with van der Waals surface area (Å²) in [7, 11) is -3.19. The number of amides is 1. The first kappa shape index (κ1) is 24.5. The first-order chi connectivity index (χ1) is 15.4. The lowest BCUT2D eigenvalue weighted by molar-refractivity contribution is -0.0441. The average molecular weight is 488 g/mol. The molecule has 0 aliphatic carbocycles. The van der Waals surface area contributed by atoms with E-state index in [4.69, 9.17) is 9.47 Å². The van der Waals surface area contributed by atoms with Crippen LogP contribution < -0.4 is 13.8 Å². The summed E-state index contributed by atoms with van der Waals surface area (Å²) in [5.74, 6) is 0.140. The maximum Gasteiger partial charge on any atom is 0.516 e. The zero-order chi connectivity index (χ0) is 24.6. The van der Waals surface area contributed by atoms with Crippen molar-refractivity contribution < 1.29 is 41.0 Å². The molecule has 3 rings (SSSR count). The highest BCUT2D eigenvalue weighted by molar-refractivity contribution is 7.93. The fourth-order valence-electron chi connectivity index (χ4n) is 3.99. The molecule has 0 saturated heterocycles. The van der Waals surface area contributed by atoms with Crippen LogP contribution in [0.15, 0.2) is 42.5 Å². The topological polar surface area (TPSA) is 96.4 Å². The third-order valence-electron chi connectivity index (χ3n) is 5.46. The molecule has 1 heterocycles. The second kappa shape index (κ2) is 9.00. The highest BCUT2D eigenvalue weighted by Crippen LogP contribution is 2.48. The minimum atomic E-state index is -5.76. The van der Waals surface area contributed by atoms with Crippen LogP contribution in [-0.2, 0) is 16.6 Å². The quantitative estimate of drug-likeness (QED) is 0.649. The second-order valence-corrected chi connectivity index (χ2v) is 9.32. The van der Waals surface area contributed by atoms with Gasteiger partial charge in [0.1, 0.15) is 0 Å². The van der Waals surface area contributed by atoms with Crippen LogP contribution in [0, 0.1) is 0 Å². The second-order valence-electron chi connectivity index (χ2n) is 7.51. The van der Waals surface area contributed by atoms with Gasteiger partial charge in [0.15, 0.2) is 11.5 Å². The van der Waals surface area contributed by atoms with Gasteiger partial charge in [-0.25, -0.2) is 4.79 Å². The van der Waals surface area contributed by atoms with E-state index in [9.17, 15) is 31.5 Å². The molecule has 2 atom stereocenters. The lowest BCUT2D eigenvalue weighted by Gasteiger charge is -2.43. The van der Waals surface area contributed by atoms with E-state index < -0.39 is 33.7 Å². The van der Waals surface area contributed by atoms with Crippen molar-refractivity contribution >= 4 is 21.8 Å². The molecular weight excluding hydrogens is 465 g/mol. The number of methoxy groups -OCH3 is 2. The van der Waals surface area contributed by atoms with Crippen LogP contribution in [0.25, 0.3) is 0 Å². The van der Waals surface area contributed by atoms with E-state index in [0.717, 1.165) is 11.0 Å². The van der Waals surface area contributed by atoms with E-state index in [-0.39, 0.29) is 40.0 Å². The van der Waals surface area contributed by atoms with E-state index in [1.807, 2.05) is 0 Å². The van der Waals surface area contributed by atoms with Crippen molar-refractivity contribution in [1.29, 1.82) is 0 Å². The summed E-state index contributed by atoms with van der Waals surface area (Å²) in [6.45, 7) is 1.26. The SMILES string of the molecule is COc1cc2c(cc1OC)N(S(=O)(=O)C(F)(F)F)C(C)CC2N(Cc1ccccc1)C(=O)O. The zero-order valence-corrected chi connectivity index (χ0v) is 18.9. The summed E-state index contributed by atoms with van der Waals surface area (Å²) in [6, 6.07) is 9.00. The number of hydrogen-bond donors (Lipinski definition) is 1. The largest absolute Gasteiger partial charge is 0.516 e. The summed E-state index contributed by atoms with van der Waals surface area (Å²) in [6.07, 6.45) is -1.50. The number of carboxylic acid groups (broad SMARTS) is 1. The number of alkyl halides is 3. The Hall–Kier alpha value is -3.15. The standard InChI is InChI=1S/C21H23F3N2O6S/c1-13-9-16(25(20(27)28)12-14-7-5-4-6-8-14)15-10-18(31-2)19(32-3)11-17(15)26(13)33(29,30)21(22,23)24/h4-8,10-11,13,16H,9,12H2,1-3H3,(H,27,28). The molecule has 0 radical (unpaired) electrons.